The average Bonchev–Trinajstić information content (AvgIpc) is 2.49. The summed E-state index contributed by atoms with van der Waals surface area (Å²) >= 11 is 0. The van der Waals surface area contributed by atoms with Gasteiger partial charge in [0.15, 0.2) is 0 Å². The fourth-order valence-corrected chi connectivity index (χ4v) is 2.64. The van der Waals surface area contributed by atoms with Crippen LogP contribution >= 0.6 is 0 Å². The van der Waals surface area contributed by atoms with Gasteiger partial charge in [0.05, 0.1) is 7.11 Å². The number of hydrogen-bond donors (Lipinski definition) is 0. The standard InChI is InChI=1S/C16H21NO3/c1-20-16(19)12-15(18)17-9-7-14(8-10-17)11-13-5-3-2-4-6-13/h2-6,14H,7-12H2,1H3. The molecule has 0 aliphatic carbocycles. The highest BCUT2D eigenvalue weighted by Crippen LogP contribution is 2.22. The Morgan fingerprint density at radius 3 is 2.45 bits per heavy atom. The van der Waals surface area contributed by atoms with Gasteiger partial charge in [0.2, 0.25) is 5.91 Å². The van der Waals surface area contributed by atoms with Crippen molar-refractivity contribution >= 4 is 11.9 Å². The maximum Gasteiger partial charge on any atom is 0.315 e. The molecule has 1 aliphatic rings. The van der Waals surface area contributed by atoms with Gasteiger partial charge in [0.25, 0.3) is 0 Å². The van der Waals surface area contributed by atoms with Crippen molar-refractivity contribution < 1.29 is 14.3 Å². The van der Waals surface area contributed by atoms with Crippen molar-refractivity contribution in [2.75, 3.05) is 20.2 Å². The van der Waals surface area contributed by atoms with Gasteiger partial charge in [-0.15, -0.1) is 0 Å². The first-order valence-corrected chi connectivity index (χ1v) is 7.07. The van der Waals surface area contributed by atoms with Crippen LogP contribution in [0.2, 0.25) is 0 Å². The fourth-order valence-electron chi connectivity index (χ4n) is 2.64. The third kappa shape index (κ3) is 4.08. The highest BCUT2D eigenvalue weighted by atomic mass is 16.5. The molecule has 4 heteroatoms. The Morgan fingerprint density at radius 1 is 1.20 bits per heavy atom. The molecular formula is C16H21NO3. The van der Waals surface area contributed by atoms with Crippen LogP contribution in [0.15, 0.2) is 30.3 Å². The molecule has 108 valence electrons. The number of methoxy groups -OCH3 is 1. The van der Waals surface area contributed by atoms with E-state index >= 15 is 0 Å². The monoisotopic (exact) mass is 275 g/mol. The third-order valence-electron chi connectivity index (χ3n) is 3.86. The molecule has 0 aromatic heterocycles. The van der Waals surface area contributed by atoms with E-state index < -0.39 is 5.97 Å². The van der Waals surface area contributed by atoms with Crippen molar-refractivity contribution in [2.45, 2.75) is 25.7 Å². The van der Waals surface area contributed by atoms with Gasteiger partial charge < -0.3 is 9.64 Å². The Bertz CT molecular complexity index is 450. The number of rotatable bonds is 4. The molecule has 20 heavy (non-hydrogen) atoms. The lowest BCUT2D eigenvalue weighted by atomic mass is 9.90. The van der Waals surface area contributed by atoms with E-state index in [0.29, 0.717) is 5.92 Å². The smallest absolute Gasteiger partial charge is 0.315 e. The van der Waals surface area contributed by atoms with Crippen LogP contribution in [0.4, 0.5) is 0 Å². The molecule has 1 heterocycles. The Hall–Kier alpha value is -1.84. The Kier molecular flexibility index (Phi) is 5.16. The zero-order valence-electron chi connectivity index (χ0n) is 11.9. The van der Waals surface area contributed by atoms with Crippen molar-refractivity contribution in [3.8, 4) is 0 Å². The summed E-state index contributed by atoms with van der Waals surface area (Å²) in [5, 5.41) is 0. The van der Waals surface area contributed by atoms with Crippen LogP contribution in [0.1, 0.15) is 24.8 Å². The van der Waals surface area contributed by atoms with E-state index in [1.807, 2.05) is 6.07 Å². The zero-order valence-corrected chi connectivity index (χ0v) is 11.9. The second kappa shape index (κ2) is 7.08. The van der Waals surface area contributed by atoms with Crippen molar-refractivity contribution in [1.82, 2.24) is 4.90 Å². The van der Waals surface area contributed by atoms with Gasteiger partial charge in [-0.1, -0.05) is 30.3 Å². The summed E-state index contributed by atoms with van der Waals surface area (Å²) in [6.45, 7) is 1.49. The molecule has 0 atom stereocenters. The van der Waals surface area contributed by atoms with Crippen molar-refractivity contribution in [3.05, 3.63) is 35.9 Å². The third-order valence-corrected chi connectivity index (χ3v) is 3.86. The van der Waals surface area contributed by atoms with E-state index in [4.69, 9.17) is 0 Å². The summed E-state index contributed by atoms with van der Waals surface area (Å²) in [7, 11) is 1.31. The number of carbonyl (C=O) groups is 2. The molecule has 0 N–H and O–H groups in total. The van der Waals surface area contributed by atoms with Gasteiger partial charge >= 0.3 is 5.97 Å². The molecule has 1 aromatic rings. The molecule has 0 saturated carbocycles. The highest BCUT2D eigenvalue weighted by Gasteiger charge is 2.24. The van der Waals surface area contributed by atoms with Crippen molar-refractivity contribution in [2.24, 2.45) is 5.92 Å². The van der Waals surface area contributed by atoms with E-state index in [0.717, 1.165) is 32.4 Å². The molecule has 0 unspecified atom stereocenters. The number of carbonyl (C=O) groups excluding carboxylic acids is 2. The van der Waals surface area contributed by atoms with Crippen LogP contribution in [-0.4, -0.2) is 37.0 Å². The van der Waals surface area contributed by atoms with Crippen LogP contribution in [-0.2, 0) is 20.7 Å². The lowest BCUT2D eigenvalue weighted by Gasteiger charge is -2.32. The van der Waals surface area contributed by atoms with Crippen molar-refractivity contribution in [1.29, 1.82) is 0 Å². The summed E-state index contributed by atoms with van der Waals surface area (Å²) in [6.07, 6.45) is 2.93. The first-order chi connectivity index (χ1) is 9.69. The van der Waals surface area contributed by atoms with E-state index in [1.165, 1.54) is 12.7 Å². The van der Waals surface area contributed by atoms with Crippen LogP contribution in [0, 0.1) is 5.92 Å². The largest absolute Gasteiger partial charge is 0.469 e. The van der Waals surface area contributed by atoms with Gasteiger partial charge in [-0.3, -0.25) is 9.59 Å². The number of esters is 1. The SMILES string of the molecule is COC(=O)CC(=O)N1CCC(Cc2ccccc2)CC1. The van der Waals surface area contributed by atoms with Gasteiger partial charge in [-0.25, -0.2) is 0 Å². The Labute approximate surface area is 119 Å². The number of amides is 1. The molecule has 0 spiro atoms. The van der Waals surface area contributed by atoms with Crippen LogP contribution in [0.25, 0.3) is 0 Å². The van der Waals surface area contributed by atoms with Gasteiger partial charge in [-0.05, 0) is 30.7 Å². The van der Waals surface area contributed by atoms with E-state index in [1.54, 1.807) is 4.90 Å². The minimum atomic E-state index is -0.457. The number of nitrogens with zero attached hydrogens (tertiary/aromatic N) is 1. The second-order valence-electron chi connectivity index (χ2n) is 5.27. The molecule has 1 aliphatic heterocycles. The Morgan fingerprint density at radius 2 is 1.85 bits per heavy atom. The first kappa shape index (κ1) is 14.6. The van der Waals surface area contributed by atoms with Crippen molar-refractivity contribution in [3.63, 3.8) is 0 Å². The fraction of sp³-hybridized carbons (Fsp3) is 0.500. The number of benzene rings is 1. The summed E-state index contributed by atoms with van der Waals surface area (Å²) in [4.78, 5) is 24.7. The number of ether oxygens (including phenoxy) is 1. The maximum absolute atomic E-state index is 11.9. The maximum atomic E-state index is 11.9. The molecule has 1 amide bonds. The predicted molar refractivity (Wildman–Crippen MR) is 76.1 cm³/mol. The summed E-state index contributed by atoms with van der Waals surface area (Å²) in [5.41, 5.74) is 1.35. The number of hydrogen-bond acceptors (Lipinski definition) is 3. The average molecular weight is 275 g/mol. The number of piperidine rings is 1. The molecule has 4 nitrogen and oxygen atoms in total. The second-order valence-corrected chi connectivity index (χ2v) is 5.27. The van der Waals surface area contributed by atoms with Crippen LogP contribution in [0.3, 0.4) is 0 Å². The molecular weight excluding hydrogens is 254 g/mol. The predicted octanol–water partition coefficient (Wildman–Crippen LogP) is 2.03. The molecule has 1 saturated heterocycles. The van der Waals surface area contributed by atoms with Gasteiger partial charge in [0, 0.05) is 13.1 Å². The lowest BCUT2D eigenvalue weighted by molar-refractivity contribution is -0.147. The summed E-state index contributed by atoms with van der Waals surface area (Å²) < 4.78 is 4.53. The lowest BCUT2D eigenvalue weighted by Crippen LogP contribution is -2.39. The minimum Gasteiger partial charge on any atom is -0.469 e. The van der Waals surface area contributed by atoms with Crippen LogP contribution in [0.5, 0.6) is 0 Å². The molecule has 1 fully saturated rings. The highest BCUT2D eigenvalue weighted by molar-refractivity contribution is 5.94. The van der Waals surface area contributed by atoms with E-state index in [2.05, 4.69) is 29.0 Å². The summed E-state index contributed by atoms with van der Waals surface area (Å²) in [5.74, 6) is 0.0518. The van der Waals surface area contributed by atoms with Crippen LogP contribution < -0.4 is 0 Å². The van der Waals surface area contributed by atoms with E-state index in [-0.39, 0.29) is 12.3 Å². The topological polar surface area (TPSA) is 46.6 Å². The summed E-state index contributed by atoms with van der Waals surface area (Å²) in [6, 6.07) is 10.4. The number of likely N-dealkylation sites (tertiary alicyclic amines) is 1. The normalized spacial score (nSPS) is 15.9. The Balaban J connectivity index is 1.77. The quantitative estimate of drug-likeness (QED) is 0.624. The molecule has 1 aromatic carbocycles. The molecule has 0 bridgehead atoms. The van der Waals surface area contributed by atoms with E-state index in [9.17, 15) is 9.59 Å². The molecule has 2 rings (SSSR count). The first-order valence-electron chi connectivity index (χ1n) is 7.07. The minimum absolute atomic E-state index is 0.116. The van der Waals surface area contributed by atoms with Gasteiger partial charge in [-0.2, -0.15) is 0 Å². The zero-order chi connectivity index (χ0) is 14.4. The molecule has 0 radical (unpaired) electrons. The van der Waals surface area contributed by atoms with Gasteiger partial charge in [0.1, 0.15) is 6.42 Å².